The molecular formula is C10H10FNO2. The van der Waals surface area contributed by atoms with E-state index in [0.717, 1.165) is 0 Å². The minimum atomic E-state index is -1.29. The fraction of sp³-hybridized carbons (Fsp3) is 0.300. The van der Waals surface area contributed by atoms with Gasteiger partial charge in [0.15, 0.2) is 0 Å². The Morgan fingerprint density at radius 2 is 2.43 bits per heavy atom. The van der Waals surface area contributed by atoms with Crippen LogP contribution in [0.3, 0.4) is 0 Å². The van der Waals surface area contributed by atoms with Gasteiger partial charge < -0.3 is 4.74 Å². The van der Waals surface area contributed by atoms with E-state index < -0.39 is 6.17 Å². The molecular weight excluding hydrogens is 185 g/mol. The summed E-state index contributed by atoms with van der Waals surface area (Å²) in [6.07, 6.45) is 0.0151. The molecule has 1 rings (SSSR count). The molecule has 0 saturated carbocycles. The first-order chi connectivity index (χ1) is 6.77. The summed E-state index contributed by atoms with van der Waals surface area (Å²) in [6, 6.07) is 6.60. The van der Waals surface area contributed by atoms with Gasteiger partial charge in [-0.2, -0.15) is 0 Å². The Labute approximate surface area is 81.2 Å². The van der Waals surface area contributed by atoms with Crippen LogP contribution in [0.4, 0.5) is 4.39 Å². The number of aliphatic imine (C=N–C) groups is 1. The van der Waals surface area contributed by atoms with Crippen molar-refractivity contribution in [1.82, 2.24) is 0 Å². The lowest BCUT2D eigenvalue weighted by atomic mass is 10.1. The Morgan fingerprint density at radius 3 is 3.07 bits per heavy atom. The molecule has 74 valence electrons. The highest BCUT2D eigenvalue weighted by atomic mass is 19.1. The second kappa shape index (κ2) is 5.14. The summed E-state index contributed by atoms with van der Waals surface area (Å²) < 4.78 is 18.2. The molecule has 0 aliphatic carbocycles. The third-order valence-electron chi connectivity index (χ3n) is 1.77. The van der Waals surface area contributed by atoms with Gasteiger partial charge in [-0.05, 0) is 17.7 Å². The lowest BCUT2D eigenvalue weighted by Gasteiger charge is -2.06. The van der Waals surface area contributed by atoms with E-state index in [0.29, 0.717) is 11.3 Å². The molecule has 0 fully saturated rings. The highest BCUT2D eigenvalue weighted by Gasteiger charge is 2.09. The van der Waals surface area contributed by atoms with Crippen molar-refractivity contribution in [3.05, 3.63) is 29.8 Å². The predicted molar refractivity (Wildman–Crippen MR) is 49.8 cm³/mol. The zero-order chi connectivity index (χ0) is 10.4. The number of nitrogens with zero attached hydrogens (tertiary/aromatic N) is 1. The molecule has 0 amide bonds. The first kappa shape index (κ1) is 10.4. The van der Waals surface area contributed by atoms with Crippen molar-refractivity contribution in [2.75, 3.05) is 13.7 Å². The maximum absolute atomic E-state index is 13.3. The third kappa shape index (κ3) is 2.68. The standard InChI is InChI=1S/C10H10FNO2/c1-14-9-4-2-3-8(5-9)10(11)6-12-7-13/h2-5,10H,6H2,1H3. The Hall–Kier alpha value is -1.67. The Kier molecular flexibility index (Phi) is 3.83. The van der Waals surface area contributed by atoms with Gasteiger partial charge in [-0.25, -0.2) is 14.2 Å². The van der Waals surface area contributed by atoms with E-state index >= 15 is 0 Å². The van der Waals surface area contributed by atoms with E-state index in [4.69, 9.17) is 4.74 Å². The maximum Gasteiger partial charge on any atom is 0.235 e. The zero-order valence-electron chi connectivity index (χ0n) is 7.74. The number of rotatable bonds is 4. The lowest BCUT2D eigenvalue weighted by Crippen LogP contribution is -1.96. The second-order valence-electron chi connectivity index (χ2n) is 2.68. The highest BCUT2D eigenvalue weighted by Crippen LogP contribution is 2.21. The molecule has 0 spiro atoms. The van der Waals surface area contributed by atoms with Crippen LogP contribution in [0.25, 0.3) is 0 Å². The summed E-state index contributed by atoms with van der Waals surface area (Å²) >= 11 is 0. The van der Waals surface area contributed by atoms with Crippen molar-refractivity contribution in [2.24, 2.45) is 4.99 Å². The van der Waals surface area contributed by atoms with Crippen LogP contribution in [0.1, 0.15) is 11.7 Å². The molecule has 0 aromatic heterocycles. The number of hydrogen-bond donors (Lipinski definition) is 0. The van der Waals surface area contributed by atoms with Crippen LogP contribution >= 0.6 is 0 Å². The molecule has 1 aromatic carbocycles. The summed E-state index contributed by atoms with van der Waals surface area (Å²) in [5, 5.41) is 0. The Bertz CT molecular complexity index is 348. The molecule has 0 bridgehead atoms. The quantitative estimate of drug-likeness (QED) is 0.544. The highest BCUT2D eigenvalue weighted by molar-refractivity contribution is 5.34. The summed E-state index contributed by atoms with van der Waals surface area (Å²) in [5.74, 6) is 0.584. The molecule has 14 heavy (non-hydrogen) atoms. The zero-order valence-corrected chi connectivity index (χ0v) is 7.74. The smallest absolute Gasteiger partial charge is 0.235 e. The van der Waals surface area contributed by atoms with E-state index in [9.17, 15) is 9.18 Å². The largest absolute Gasteiger partial charge is 0.497 e. The molecule has 3 nitrogen and oxygen atoms in total. The van der Waals surface area contributed by atoms with Crippen molar-refractivity contribution in [3.63, 3.8) is 0 Å². The van der Waals surface area contributed by atoms with Gasteiger partial charge in [-0.15, -0.1) is 0 Å². The molecule has 1 aromatic rings. The van der Waals surface area contributed by atoms with Gasteiger partial charge in [-0.3, -0.25) is 0 Å². The third-order valence-corrected chi connectivity index (χ3v) is 1.77. The monoisotopic (exact) mass is 195 g/mol. The van der Waals surface area contributed by atoms with Gasteiger partial charge in [0.1, 0.15) is 11.9 Å². The van der Waals surface area contributed by atoms with Gasteiger partial charge >= 0.3 is 0 Å². The number of carbonyl (C=O) groups excluding carboxylic acids is 1. The summed E-state index contributed by atoms with van der Waals surface area (Å²) in [4.78, 5) is 13.0. The van der Waals surface area contributed by atoms with E-state index in [1.54, 1.807) is 24.3 Å². The number of alkyl halides is 1. The maximum atomic E-state index is 13.3. The molecule has 1 unspecified atom stereocenters. The van der Waals surface area contributed by atoms with E-state index in [1.807, 2.05) is 0 Å². The van der Waals surface area contributed by atoms with Crippen LogP contribution in [0, 0.1) is 0 Å². The van der Waals surface area contributed by atoms with Crippen molar-refractivity contribution in [2.45, 2.75) is 6.17 Å². The number of ether oxygens (including phenoxy) is 1. The molecule has 0 aliphatic heterocycles. The second-order valence-corrected chi connectivity index (χ2v) is 2.68. The molecule has 4 heteroatoms. The lowest BCUT2D eigenvalue weighted by molar-refractivity contribution is 0.350. The number of halogens is 1. The number of methoxy groups -OCH3 is 1. The number of benzene rings is 1. The molecule has 1 atom stereocenters. The minimum Gasteiger partial charge on any atom is -0.497 e. The van der Waals surface area contributed by atoms with Crippen LogP contribution in [-0.4, -0.2) is 19.7 Å². The van der Waals surface area contributed by atoms with Crippen LogP contribution in [0.15, 0.2) is 29.3 Å². The van der Waals surface area contributed by atoms with Crippen molar-refractivity contribution >= 4 is 6.08 Å². The minimum absolute atomic E-state index is 0.198. The van der Waals surface area contributed by atoms with Crippen LogP contribution in [-0.2, 0) is 4.79 Å². The predicted octanol–water partition coefficient (Wildman–Crippen LogP) is 2.04. The molecule has 0 saturated heterocycles. The molecule has 0 radical (unpaired) electrons. The van der Waals surface area contributed by atoms with Gasteiger partial charge in [0.2, 0.25) is 6.08 Å². The number of isocyanates is 1. The number of hydrogen-bond acceptors (Lipinski definition) is 3. The topological polar surface area (TPSA) is 38.7 Å². The van der Waals surface area contributed by atoms with Crippen molar-refractivity contribution in [3.8, 4) is 5.75 Å². The molecule has 0 aliphatic rings. The van der Waals surface area contributed by atoms with Gasteiger partial charge in [0.05, 0.1) is 13.7 Å². The van der Waals surface area contributed by atoms with Crippen LogP contribution in [0.5, 0.6) is 5.75 Å². The van der Waals surface area contributed by atoms with E-state index in [2.05, 4.69) is 4.99 Å². The fourth-order valence-electron chi connectivity index (χ4n) is 1.06. The molecule has 0 heterocycles. The van der Waals surface area contributed by atoms with Crippen LogP contribution < -0.4 is 4.74 Å². The van der Waals surface area contributed by atoms with E-state index in [-0.39, 0.29) is 6.54 Å². The Morgan fingerprint density at radius 1 is 1.64 bits per heavy atom. The summed E-state index contributed by atoms with van der Waals surface area (Å²) in [7, 11) is 1.51. The average molecular weight is 195 g/mol. The van der Waals surface area contributed by atoms with Crippen molar-refractivity contribution < 1.29 is 13.9 Å². The van der Waals surface area contributed by atoms with Crippen LogP contribution in [0.2, 0.25) is 0 Å². The Balaban J connectivity index is 2.78. The normalized spacial score (nSPS) is 11.6. The van der Waals surface area contributed by atoms with Gasteiger partial charge in [0.25, 0.3) is 0 Å². The van der Waals surface area contributed by atoms with Gasteiger partial charge in [-0.1, -0.05) is 12.1 Å². The summed E-state index contributed by atoms with van der Waals surface area (Å²) in [5.41, 5.74) is 0.448. The summed E-state index contributed by atoms with van der Waals surface area (Å²) in [6.45, 7) is -0.198. The van der Waals surface area contributed by atoms with E-state index in [1.165, 1.54) is 13.2 Å². The molecule has 0 N–H and O–H groups in total. The van der Waals surface area contributed by atoms with Crippen molar-refractivity contribution in [1.29, 1.82) is 0 Å². The first-order valence-electron chi connectivity index (χ1n) is 4.09. The van der Waals surface area contributed by atoms with Gasteiger partial charge in [0, 0.05) is 0 Å². The SMILES string of the molecule is COc1cccc(C(F)CN=C=O)c1. The fourth-order valence-corrected chi connectivity index (χ4v) is 1.06. The average Bonchev–Trinajstić information content (AvgIpc) is 2.26. The first-order valence-corrected chi connectivity index (χ1v) is 4.09.